The van der Waals surface area contributed by atoms with Gasteiger partial charge in [-0.25, -0.2) is 23.1 Å². The van der Waals surface area contributed by atoms with Gasteiger partial charge in [0.15, 0.2) is 23.3 Å². The number of hydrogen-bond acceptors (Lipinski definition) is 3. The summed E-state index contributed by atoms with van der Waals surface area (Å²) < 4.78 is 39.2. The molecule has 0 aliphatic heterocycles. The molecule has 2 N–H and O–H groups in total. The second kappa shape index (κ2) is 4.44. The first-order valence-electron chi connectivity index (χ1n) is 4.76. The molecule has 0 unspecified atom stereocenters. The second-order valence-electron chi connectivity index (χ2n) is 3.38. The van der Waals surface area contributed by atoms with Crippen molar-refractivity contribution in [3.05, 3.63) is 47.5 Å². The summed E-state index contributed by atoms with van der Waals surface area (Å²) in [5.74, 6) is -5.20. The van der Waals surface area contributed by atoms with Crippen LogP contribution in [-0.2, 0) is 0 Å². The minimum absolute atomic E-state index is 0.0294. The quantitative estimate of drug-likeness (QED) is 0.827. The van der Waals surface area contributed by atoms with E-state index in [1.54, 1.807) is 0 Å². The van der Waals surface area contributed by atoms with Crippen LogP contribution in [0.5, 0.6) is 0 Å². The lowest BCUT2D eigenvalue weighted by Crippen LogP contribution is -2.12. The lowest BCUT2D eigenvalue weighted by atomic mass is 10.2. The minimum atomic E-state index is -1.60. The molecule has 0 atom stereocenters. The Labute approximate surface area is 99.3 Å². The number of carbonyl (C=O) groups excluding carboxylic acids is 1. The number of amides is 1. The Morgan fingerprint density at radius 1 is 1.06 bits per heavy atom. The molecule has 0 aliphatic carbocycles. The number of rotatable bonds is 2. The third-order valence-electron chi connectivity index (χ3n) is 2.21. The number of benzene rings is 1. The van der Waals surface area contributed by atoms with Gasteiger partial charge in [-0.05, 0) is 12.1 Å². The Bertz CT molecular complexity index is 614. The SMILES string of the molecule is NC(=O)c1cnc(-c2ccc(F)c(F)c2F)nc1. The molecular weight excluding hydrogens is 247 g/mol. The highest BCUT2D eigenvalue weighted by atomic mass is 19.2. The van der Waals surface area contributed by atoms with Crippen LogP contribution in [-0.4, -0.2) is 15.9 Å². The van der Waals surface area contributed by atoms with Gasteiger partial charge in [-0.15, -0.1) is 0 Å². The molecule has 0 bridgehead atoms. The van der Waals surface area contributed by atoms with E-state index in [2.05, 4.69) is 9.97 Å². The summed E-state index contributed by atoms with van der Waals surface area (Å²) in [5, 5.41) is 0. The largest absolute Gasteiger partial charge is 0.366 e. The maximum absolute atomic E-state index is 13.4. The Morgan fingerprint density at radius 3 is 2.22 bits per heavy atom. The van der Waals surface area contributed by atoms with Crippen LogP contribution in [0.2, 0.25) is 0 Å². The zero-order valence-corrected chi connectivity index (χ0v) is 8.82. The zero-order chi connectivity index (χ0) is 13.3. The van der Waals surface area contributed by atoms with Gasteiger partial charge in [0, 0.05) is 12.4 Å². The van der Waals surface area contributed by atoms with Crippen molar-refractivity contribution in [3.8, 4) is 11.4 Å². The van der Waals surface area contributed by atoms with Crippen molar-refractivity contribution in [2.45, 2.75) is 0 Å². The fourth-order valence-corrected chi connectivity index (χ4v) is 1.29. The summed E-state index contributed by atoms with van der Waals surface area (Å²) in [6, 6.07) is 1.77. The van der Waals surface area contributed by atoms with Crippen LogP contribution in [0.3, 0.4) is 0 Å². The number of halogens is 3. The highest BCUT2D eigenvalue weighted by Gasteiger charge is 2.16. The van der Waals surface area contributed by atoms with Crippen molar-refractivity contribution >= 4 is 5.91 Å². The Balaban J connectivity index is 2.49. The molecule has 92 valence electrons. The topological polar surface area (TPSA) is 68.9 Å². The average Bonchev–Trinajstić information content (AvgIpc) is 2.36. The molecule has 18 heavy (non-hydrogen) atoms. The standard InChI is InChI=1S/C11H6F3N3O/c12-7-2-1-6(8(13)9(7)14)11-16-3-5(4-17-11)10(15)18/h1-4H,(H2,15,18). The van der Waals surface area contributed by atoms with Gasteiger partial charge >= 0.3 is 0 Å². The number of carbonyl (C=O) groups is 1. The summed E-state index contributed by atoms with van der Waals surface area (Å²) in [5.41, 5.74) is 4.70. The molecule has 0 aliphatic rings. The molecule has 2 rings (SSSR count). The number of hydrogen-bond donors (Lipinski definition) is 1. The van der Waals surface area contributed by atoms with Crippen LogP contribution in [0.1, 0.15) is 10.4 Å². The maximum Gasteiger partial charge on any atom is 0.251 e. The smallest absolute Gasteiger partial charge is 0.251 e. The van der Waals surface area contributed by atoms with Crippen molar-refractivity contribution in [1.82, 2.24) is 9.97 Å². The molecule has 0 saturated heterocycles. The Morgan fingerprint density at radius 2 is 1.67 bits per heavy atom. The van der Waals surface area contributed by atoms with Crippen molar-refractivity contribution in [2.75, 3.05) is 0 Å². The first kappa shape index (κ1) is 12.0. The predicted molar refractivity (Wildman–Crippen MR) is 55.9 cm³/mol. The zero-order valence-electron chi connectivity index (χ0n) is 8.82. The summed E-state index contributed by atoms with van der Waals surface area (Å²) in [6.45, 7) is 0. The van der Waals surface area contributed by atoms with Gasteiger partial charge < -0.3 is 5.73 Å². The molecular formula is C11H6F3N3O. The number of primary amides is 1. The lowest BCUT2D eigenvalue weighted by molar-refractivity contribution is 0.0999. The van der Waals surface area contributed by atoms with E-state index >= 15 is 0 Å². The molecule has 2 aromatic rings. The normalized spacial score (nSPS) is 10.4. The van der Waals surface area contributed by atoms with Crippen molar-refractivity contribution in [3.63, 3.8) is 0 Å². The molecule has 0 fully saturated rings. The molecule has 7 heteroatoms. The van der Waals surface area contributed by atoms with Gasteiger partial charge in [0.2, 0.25) is 0 Å². The van der Waals surface area contributed by atoms with Crippen molar-refractivity contribution in [1.29, 1.82) is 0 Å². The Kier molecular flexibility index (Phi) is 2.97. The number of nitrogens with two attached hydrogens (primary N) is 1. The summed E-state index contributed by atoms with van der Waals surface area (Å²) in [4.78, 5) is 18.1. The fraction of sp³-hybridized carbons (Fsp3) is 0. The molecule has 1 amide bonds. The highest BCUT2D eigenvalue weighted by Crippen LogP contribution is 2.22. The molecule has 1 aromatic carbocycles. The number of aromatic nitrogens is 2. The predicted octanol–water partition coefficient (Wildman–Crippen LogP) is 1.66. The summed E-state index contributed by atoms with van der Waals surface area (Å²) in [6.07, 6.45) is 2.15. The van der Waals surface area contributed by atoms with Gasteiger partial charge in [-0.2, -0.15) is 0 Å². The second-order valence-corrected chi connectivity index (χ2v) is 3.38. The van der Waals surface area contributed by atoms with E-state index in [4.69, 9.17) is 5.73 Å². The van der Waals surface area contributed by atoms with E-state index in [-0.39, 0.29) is 17.0 Å². The molecule has 1 aromatic heterocycles. The number of nitrogens with zero attached hydrogens (tertiary/aromatic N) is 2. The molecule has 0 spiro atoms. The maximum atomic E-state index is 13.4. The van der Waals surface area contributed by atoms with E-state index < -0.39 is 23.4 Å². The van der Waals surface area contributed by atoms with Crippen LogP contribution < -0.4 is 5.73 Å². The van der Waals surface area contributed by atoms with Crippen LogP contribution in [0.25, 0.3) is 11.4 Å². The van der Waals surface area contributed by atoms with E-state index in [9.17, 15) is 18.0 Å². The summed E-state index contributed by atoms with van der Waals surface area (Å²) >= 11 is 0. The molecule has 0 saturated carbocycles. The molecule has 0 radical (unpaired) electrons. The third-order valence-corrected chi connectivity index (χ3v) is 2.21. The van der Waals surface area contributed by atoms with E-state index in [0.717, 1.165) is 24.5 Å². The van der Waals surface area contributed by atoms with E-state index in [1.807, 2.05) is 0 Å². The van der Waals surface area contributed by atoms with E-state index in [0.29, 0.717) is 0 Å². The monoisotopic (exact) mass is 253 g/mol. The van der Waals surface area contributed by atoms with Crippen molar-refractivity contribution in [2.24, 2.45) is 5.73 Å². The van der Waals surface area contributed by atoms with Gasteiger partial charge in [-0.1, -0.05) is 0 Å². The molecule has 1 heterocycles. The first-order chi connectivity index (χ1) is 8.50. The van der Waals surface area contributed by atoms with Crippen molar-refractivity contribution < 1.29 is 18.0 Å². The molecule has 4 nitrogen and oxygen atoms in total. The third kappa shape index (κ3) is 2.02. The van der Waals surface area contributed by atoms with Gasteiger partial charge in [-0.3, -0.25) is 4.79 Å². The van der Waals surface area contributed by atoms with E-state index in [1.165, 1.54) is 0 Å². The van der Waals surface area contributed by atoms with Crippen LogP contribution in [0.15, 0.2) is 24.5 Å². The first-order valence-corrected chi connectivity index (χ1v) is 4.76. The van der Waals surface area contributed by atoms with Gasteiger partial charge in [0.25, 0.3) is 5.91 Å². The average molecular weight is 253 g/mol. The minimum Gasteiger partial charge on any atom is -0.366 e. The van der Waals surface area contributed by atoms with Crippen LogP contribution in [0.4, 0.5) is 13.2 Å². The summed E-state index contributed by atoms with van der Waals surface area (Å²) in [7, 11) is 0. The Hall–Kier alpha value is -2.44. The lowest BCUT2D eigenvalue weighted by Gasteiger charge is -2.03. The van der Waals surface area contributed by atoms with Crippen LogP contribution >= 0.6 is 0 Å². The fourth-order valence-electron chi connectivity index (χ4n) is 1.29. The highest BCUT2D eigenvalue weighted by molar-refractivity contribution is 5.92. The van der Waals surface area contributed by atoms with Crippen LogP contribution in [0, 0.1) is 17.5 Å². The van der Waals surface area contributed by atoms with Gasteiger partial charge in [0.1, 0.15) is 0 Å². The van der Waals surface area contributed by atoms with Gasteiger partial charge in [0.05, 0.1) is 11.1 Å².